The second kappa shape index (κ2) is 13.6. The Morgan fingerprint density at radius 2 is 1.58 bits per heavy atom. The molecule has 1 aliphatic rings. The Labute approximate surface area is 191 Å². The van der Waals surface area contributed by atoms with Gasteiger partial charge in [0.05, 0.1) is 0 Å². The van der Waals surface area contributed by atoms with Crippen molar-refractivity contribution in [2.24, 2.45) is 0 Å². The number of nitrogens with zero attached hydrogens (tertiary/aromatic N) is 1. The molecule has 31 heavy (non-hydrogen) atoms. The average Bonchev–Trinajstić information content (AvgIpc) is 2.80. The minimum absolute atomic E-state index is 0. The van der Waals surface area contributed by atoms with Gasteiger partial charge in [0, 0.05) is 38.2 Å². The number of hydrogen-bond acceptors (Lipinski definition) is 3. The molecule has 0 aliphatic carbocycles. The molecule has 166 valence electrons. The molecule has 5 nitrogen and oxygen atoms in total. The second-order valence-corrected chi connectivity index (χ2v) is 7.60. The minimum atomic E-state index is 0. The highest BCUT2D eigenvalue weighted by Crippen LogP contribution is 2.17. The highest BCUT2D eigenvalue weighted by molar-refractivity contribution is 5.91. The molecule has 2 N–H and O–H groups in total. The first-order valence-electron chi connectivity index (χ1n) is 10.8. The first kappa shape index (κ1) is 24.6. The molecule has 0 spiro atoms. The van der Waals surface area contributed by atoms with E-state index >= 15 is 0 Å². The monoisotopic (exact) mass is 441 g/mol. The number of nitrogens with one attached hydrogen (secondary N) is 2. The fraction of sp³-hybridized carbons (Fsp3) is 0.360. The zero-order valence-corrected chi connectivity index (χ0v) is 18.7. The van der Waals surface area contributed by atoms with Gasteiger partial charge in [-0.2, -0.15) is 0 Å². The van der Waals surface area contributed by atoms with Gasteiger partial charge in [0.1, 0.15) is 0 Å². The average molecular weight is 442 g/mol. The van der Waals surface area contributed by atoms with Crippen LogP contribution >= 0.6 is 12.4 Å². The lowest BCUT2D eigenvalue weighted by atomic mass is 10.0. The van der Waals surface area contributed by atoms with E-state index in [2.05, 4.69) is 22.8 Å². The van der Waals surface area contributed by atoms with Crippen LogP contribution in [0, 0.1) is 0 Å². The molecule has 1 heterocycles. The first-order chi connectivity index (χ1) is 14.7. The molecular formula is C25H32ClN3O2. The van der Waals surface area contributed by atoms with Crippen molar-refractivity contribution < 1.29 is 9.59 Å². The summed E-state index contributed by atoms with van der Waals surface area (Å²) < 4.78 is 0. The molecule has 0 radical (unpaired) electrons. The molecule has 1 atom stereocenters. The van der Waals surface area contributed by atoms with Crippen LogP contribution in [0.5, 0.6) is 0 Å². The van der Waals surface area contributed by atoms with Crippen LogP contribution in [-0.2, 0) is 9.59 Å². The van der Waals surface area contributed by atoms with Gasteiger partial charge in [0.15, 0.2) is 0 Å². The SMILES string of the molecule is Cl.O=C1CC(c2ccccc2)NCCCCN(C(=O)/C=C/c2ccccc2)CCCN1. The smallest absolute Gasteiger partial charge is 0.246 e. The zero-order chi connectivity index (χ0) is 21.0. The van der Waals surface area contributed by atoms with Gasteiger partial charge < -0.3 is 15.5 Å². The van der Waals surface area contributed by atoms with E-state index in [0.717, 1.165) is 43.5 Å². The van der Waals surface area contributed by atoms with Crippen LogP contribution in [0.4, 0.5) is 0 Å². The van der Waals surface area contributed by atoms with Gasteiger partial charge in [-0.05, 0) is 43.0 Å². The quantitative estimate of drug-likeness (QED) is 0.708. The lowest BCUT2D eigenvalue weighted by Crippen LogP contribution is -2.34. The number of rotatable bonds is 3. The molecule has 0 aromatic heterocycles. The standard InChI is InChI=1S/C25H31N3O2.ClH/c29-24-20-23(22-12-5-2-6-13-22)26-16-7-8-18-28(19-9-17-27-24)25(30)15-14-21-10-3-1-4-11-21;/h1-6,10-15,23,26H,7-9,16-20H2,(H,27,29);1H/b15-14+;. The van der Waals surface area contributed by atoms with E-state index in [1.165, 1.54) is 0 Å². The third-order valence-electron chi connectivity index (χ3n) is 5.29. The maximum Gasteiger partial charge on any atom is 0.246 e. The van der Waals surface area contributed by atoms with E-state index in [-0.39, 0.29) is 30.3 Å². The lowest BCUT2D eigenvalue weighted by molar-refractivity contribution is -0.126. The summed E-state index contributed by atoms with van der Waals surface area (Å²) in [6.07, 6.45) is 6.57. The van der Waals surface area contributed by atoms with Crippen molar-refractivity contribution in [1.82, 2.24) is 15.5 Å². The topological polar surface area (TPSA) is 61.4 Å². The number of carbonyl (C=O) groups excluding carboxylic acids is 2. The Hall–Kier alpha value is -2.63. The fourth-order valence-corrected chi connectivity index (χ4v) is 3.62. The van der Waals surface area contributed by atoms with Crippen molar-refractivity contribution in [3.05, 3.63) is 77.9 Å². The van der Waals surface area contributed by atoms with Crippen LogP contribution in [0.1, 0.15) is 42.9 Å². The first-order valence-corrected chi connectivity index (χ1v) is 10.8. The summed E-state index contributed by atoms with van der Waals surface area (Å²) in [6, 6.07) is 20.0. The Morgan fingerprint density at radius 1 is 0.903 bits per heavy atom. The van der Waals surface area contributed by atoms with E-state index < -0.39 is 0 Å². The summed E-state index contributed by atoms with van der Waals surface area (Å²) in [5.41, 5.74) is 2.14. The van der Waals surface area contributed by atoms with Gasteiger partial charge in [-0.15, -0.1) is 12.4 Å². The summed E-state index contributed by atoms with van der Waals surface area (Å²) in [4.78, 5) is 27.0. The van der Waals surface area contributed by atoms with Crippen molar-refractivity contribution >= 4 is 30.3 Å². The molecule has 2 amide bonds. The van der Waals surface area contributed by atoms with Crippen LogP contribution in [0.15, 0.2) is 66.7 Å². The van der Waals surface area contributed by atoms with Crippen molar-refractivity contribution in [3.63, 3.8) is 0 Å². The number of halogens is 1. The summed E-state index contributed by atoms with van der Waals surface area (Å²) >= 11 is 0. The molecule has 0 saturated carbocycles. The van der Waals surface area contributed by atoms with Gasteiger partial charge in [-0.25, -0.2) is 0 Å². The van der Waals surface area contributed by atoms with Gasteiger partial charge in [0.2, 0.25) is 11.8 Å². The molecule has 1 fully saturated rings. The van der Waals surface area contributed by atoms with E-state index in [1.807, 2.05) is 59.5 Å². The van der Waals surface area contributed by atoms with E-state index in [0.29, 0.717) is 19.5 Å². The largest absolute Gasteiger partial charge is 0.356 e. The van der Waals surface area contributed by atoms with Gasteiger partial charge in [-0.3, -0.25) is 9.59 Å². The number of benzene rings is 2. The number of carbonyl (C=O) groups is 2. The van der Waals surface area contributed by atoms with Crippen molar-refractivity contribution in [3.8, 4) is 0 Å². The maximum atomic E-state index is 12.7. The summed E-state index contributed by atoms with van der Waals surface area (Å²) in [7, 11) is 0. The van der Waals surface area contributed by atoms with Crippen LogP contribution in [0.2, 0.25) is 0 Å². The molecule has 1 saturated heterocycles. The Balaban J connectivity index is 0.00000341. The van der Waals surface area contributed by atoms with Crippen LogP contribution in [0.3, 0.4) is 0 Å². The molecular weight excluding hydrogens is 410 g/mol. The van der Waals surface area contributed by atoms with Crippen molar-refractivity contribution in [1.29, 1.82) is 0 Å². The highest BCUT2D eigenvalue weighted by atomic mass is 35.5. The number of amides is 2. The molecule has 6 heteroatoms. The maximum absolute atomic E-state index is 12.7. The lowest BCUT2D eigenvalue weighted by Gasteiger charge is -2.21. The second-order valence-electron chi connectivity index (χ2n) is 7.60. The fourth-order valence-electron chi connectivity index (χ4n) is 3.62. The Morgan fingerprint density at radius 3 is 2.32 bits per heavy atom. The van der Waals surface area contributed by atoms with E-state index in [9.17, 15) is 9.59 Å². The van der Waals surface area contributed by atoms with E-state index in [1.54, 1.807) is 6.08 Å². The summed E-state index contributed by atoms with van der Waals surface area (Å²) in [5, 5.41) is 6.52. The van der Waals surface area contributed by atoms with Gasteiger partial charge in [0.25, 0.3) is 0 Å². The minimum Gasteiger partial charge on any atom is -0.356 e. The summed E-state index contributed by atoms with van der Waals surface area (Å²) in [5.74, 6) is 0.0626. The van der Waals surface area contributed by atoms with Gasteiger partial charge >= 0.3 is 0 Å². The predicted molar refractivity (Wildman–Crippen MR) is 128 cm³/mol. The molecule has 3 rings (SSSR count). The van der Waals surface area contributed by atoms with Gasteiger partial charge in [-0.1, -0.05) is 60.7 Å². The Kier molecular flexibility index (Phi) is 10.8. The third kappa shape index (κ3) is 8.56. The third-order valence-corrected chi connectivity index (χ3v) is 5.29. The molecule has 1 unspecified atom stereocenters. The predicted octanol–water partition coefficient (Wildman–Crippen LogP) is 3.97. The highest BCUT2D eigenvalue weighted by Gasteiger charge is 2.17. The Bertz CT molecular complexity index is 827. The normalized spacial score (nSPS) is 18.8. The molecule has 1 aliphatic heterocycles. The molecule has 0 bridgehead atoms. The van der Waals surface area contributed by atoms with Crippen molar-refractivity contribution in [2.45, 2.75) is 31.7 Å². The van der Waals surface area contributed by atoms with Crippen LogP contribution < -0.4 is 10.6 Å². The zero-order valence-electron chi connectivity index (χ0n) is 17.8. The van der Waals surface area contributed by atoms with Crippen molar-refractivity contribution in [2.75, 3.05) is 26.2 Å². The van der Waals surface area contributed by atoms with E-state index in [4.69, 9.17) is 0 Å². The van der Waals surface area contributed by atoms with Crippen LogP contribution in [-0.4, -0.2) is 42.9 Å². The molecule has 2 aromatic carbocycles. The number of hydrogen-bond donors (Lipinski definition) is 2. The molecule has 2 aromatic rings. The van der Waals surface area contributed by atoms with Crippen LogP contribution in [0.25, 0.3) is 6.08 Å². The summed E-state index contributed by atoms with van der Waals surface area (Å²) in [6.45, 7) is 2.76.